The first kappa shape index (κ1) is 22.7. The van der Waals surface area contributed by atoms with Gasteiger partial charge in [0.15, 0.2) is 0 Å². The highest BCUT2D eigenvalue weighted by molar-refractivity contribution is 6.31. The number of carbonyl (C=O) groups is 2. The summed E-state index contributed by atoms with van der Waals surface area (Å²) in [4.78, 5) is 26.9. The van der Waals surface area contributed by atoms with Gasteiger partial charge >= 0.3 is 6.36 Å². The van der Waals surface area contributed by atoms with Crippen LogP contribution in [0.2, 0.25) is 5.02 Å². The Bertz CT molecular complexity index is 930. The largest absolute Gasteiger partial charge is 0.573 e. The lowest BCUT2D eigenvalue weighted by molar-refractivity contribution is -0.274. The van der Waals surface area contributed by atoms with Crippen LogP contribution in [0.1, 0.15) is 29.6 Å². The lowest BCUT2D eigenvalue weighted by Crippen LogP contribution is -2.36. The van der Waals surface area contributed by atoms with Gasteiger partial charge in [0.1, 0.15) is 5.75 Å². The topological polar surface area (TPSA) is 70.7 Å². The lowest BCUT2D eigenvalue weighted by Gasteiger charge is -2.27. The van der Waals surface area contributed by atoms with Gasteiger partial charge in [0, 0.05) is 29.5 Å². The molecule has 31 heavy (non-hydrogen) atoms. The van der Waals surface area contributed by atoms with Crippen molar-refractivity contribution < 1.29 is 27.5 Å². The summed E-state index contributed by atoms with van der Waals surface area (Å²) in [7, 11) is 0. The van der Waals surface area contributed by atoms with Gasteiger partial charge in [-0.25, -0.2) is 0 Å². The molecule has 1 saturated heterocycles. The summed E-state index contributed by atoms with van der Waals surface area (Å²) in [6.45, 7) is 1.21. The summed E-state index contributed by atoms with van der Waals surface area (Å²) < 4.78 is 40.4. The molecule has 0 saturated carbocycles. The second-order valence-electron chi connectivity index (χ2n) is 7.02. The molecule has 0 atom stereocenters. The molecule has 10 heteroatoms. The van der Waals surface area contributed by atoms with Crippen LogP contribution < -0.4 is 15.4 Å². The lowest BCUT2D eigenvalue weighted by atomic mass is 10.1. The Morgan fingerprint density at radius 3 is 2.35 bits per heavy atom. The van der Waals surface area contributed by atoms with Gasteiger partial charge in [-0.05, 0) is 61.7 Å². The van der Waals surface area contributed by atoms with Gasteiger partial charge in [0.05, 0.1) is 12.1 Å². The molecule has 3 rings (SSSR count). The number of nitrogens with zero attached hydrogens (tertiary/aromatic N) is 1. The Kier molecular flexibility index (Phi) is 7.27. The predicted molar refractivity (Wildman–Crippen MR) is 111 cm³/mol. The highest BCUT2D eigenvalue weighted by atomic mass is 35.5. The van der Waals surface area contributed by atoms with Gasteiger partial charge in [-0.2, -0.15) is 0 Å². The first-order chi connectivity index (χ1) is 14.7. The Morgan fingerprint density at radius 2 is 1.71 bits per heavy atom. The number of rotatable bonds is 6. The number of hydrogen-bond donors (Lipinski definition) is 2. The van der Waals surface area contributed by atoms with Crippen LogP contribution in [0.25, 0.3) is 0 Å². The van der Waals surface area contributed by atoms with E-state index >= 15 is 0 Å². The number of hydrogen-bond acceptors (Lipinski definition) is 4. The number of ether oxygens (including phenoxy) is 1. The number of halogens is 4. The minimum absolute atomic E-state index is 0.125. The normalized spacial score (nSPS) is 14.1. The number of carbonyl (C=O) groups excluding carboxylic acids is 2. The Morgan fingerprint density at radius 1 is 1.03 bits per heavy atom. The maximum Gasteiger partial charge on any atom is 0.573 e. The van der Waals surface area contributed by atoms with Crippen molar-refractivity contribution in [2.75, 3.05) is 30.3 Å². The van der Waals surface area contributed by atoms with Crippen molar-refractivity contribution >= 4 is 34.8 Å². The third kappa shape index (κ3) is 6.78. The van der Waals surface area contributed by atoms with E-state index in [1.54, 1.807) is 23.1 Å². The van der Waals surface area contributed by atoms with Crippen LogP contribution >= 0.6 is 11.6 Å². The monoisotopic (exact) mass is 455 g/mol. The fourth-order valence-corrected chi connectivity index (χ4v) is 3.41. The molecule has 2 aromatic carbocycles. The zero-order valence-electron chi connectivity index (χ0n) is 16.5. The van der Waals surface area contributed by atoms with E-state index in [2.05, 4.69) is 15.4 Å². The average Bonchev–Trinajstić information content (AvgIpc) is 2.73. The van der Waals surface area contributed by atoms with Crippen LogP contribution in [0.5, 0.6) is 5.75 Å². The van der Waals surface area contributed by atoms with Crippen LogP contribution in [0.15, 0.2) is 42.5 Å². The average molecular weight is 456 g/mol. The summed E-state index contributed by atoms with van der Waals surface area (Å²) in [6.07, 6.45) is -1.78. The molecule has 1 heterocycles. The Labute approximate surface area is 182 Å². The quantitative estimate of drug-likeness (QED) is 0.649. The molecule has 0 bridgehead atoms. The fraction of sp³-hybridized carbons (Fsp3) is 0.333. The van der Waals surface area contributed by atoms with E-state index < -0.39 is 12.3 Å². The molecule has 2 amide bonds. The molecule has 2 N–H and O–H groups in total. The molecule has 1 aliphatic rings. The zero-order valence-corrected chi connectivity index (χ0v) is 17.2. The standard InChI is InChI=1S/C21H21ClF3N3O3/c22-14-4-9-17(20(30)28-10-2-1-3-11-28)18(12-14)26-13-19(29)27-15-5-7-16(8-6-15)31-21(23,24)25/h4-9,12,26H,1-3,10-11,13H2,(H,27,29). The SMILES string of the molecule is O=C(CNc1cc(Cl)ccc1C(=O)N1CCCCC1)Nc1ccc(OC(F)(F)F)cc1. The van der Waals surface area contributed by atoms with Crippen LogP contribution in [-0.2, 0) is 4.79 Å². The molecule has 0 radical (unpaired) electrons. The van der Waals surface area contributed by atoms with Crippen LogP contribution in [-0.4, -0.2) is 42.7 Å². The molecule has 0 unspecified atom stereocenters. The molecule has 0 spiro atoms. The molecule has 1 fully saturated rings. The van der Waals surface area contributed by atoms with Crippen molar-refractivity contribution in [1.29, 1.82) is 0 Å². The van der Waals surface area contributed by atoms with E-state index in [0.29, 0.717) is 35.1 Å². The van der Waals surface area contributed by atoms with Gasteiger partial charge in [0.25, 0.3) is 5.91 Å². The number of nitrogens with one attached hydrogen (secondary N) is 2. The smallest absolute Gasteiger partial charge is 0.406 e. The first-order valence-electron chi connectivity index (χ1n) is 9.69. The van der Waals surface area contributed by atoms with E-state index in [-0.39, 0.29) is 18.2 Å². The maximum absolute atomic E-state index is 12.8. The molecule has 0 aromatic heterocycles. The zero-order chi connectivity index (χ0) is 22.4. The summed E-state index contributed by atoms with van der Waals surface area (Å²) >= 11 is 6.06. The number of amides is 2. The molecule has 166 valence electrons. The van der Waals surface area contributed by atoms with Crippen LogP contribution in [0.4, 0.5) is 24.5 Å². The van der Waals surface area contributed by atoms with Crippen molar-refractivity contribution in [2.24, 2.45) is 0 Å². The minimum atomic E-state index is -4.78. The van der Waals surface area contributed by atoms with Gasteiger partial charge < -0.3 is 20.3 Å². The summed E-state index contributed by atoms with van der Waals surface area (Å²) in [6, 6.07) is 9.61. The number of anilines is 2. The first-order valence-corrected chi connectivity index (χ1v) is 10.1. The van der Waals surface area contributed by atoms with E-state index in [4.69, 9.17) is 11.6 Å². The maximum atomic E-state index is 12.8. The van der Waals surface area contributed by atoms with Crippen molar-refractivity contribution in [3.63, 3.8) is 0 Å². The fourth-order valence-electron chi connectivity index (χ4n) is 3.24. The number of piperidine rings is 1. The summed E-state index contributed by atoms with van der Waals surface area (Å²) in [5, 5.41) is 5.90. The Balaban J connectivity index is 1.61. The van der Waals surface area contributed by atoms with E-state index in [9.17, 15) is 22.8 Å². The van der Waals surface area contributed by atoms with Crippen molar-refractivity contribution in [1.82, 2.24) is 4.90 Å². The van der Waals surface area contributed by atoms with Gasteiger partial charge in [-0.3, -0.25) is 9.59 Å². The van der Waals surface area contributed by atoms with Crippen LogP contribution in [0.3, 0.4) is 0 Å². The highest BCUT2D eigenvalue weighted by Crippen LogP contribution is 2.25. The summed E-state index contributed by atoms with van der Waals surface area (Å²) in [5.74, 6) is -0.955. The van der Waals surface area contributed by atoms with Crippen molar-refractivity contribution in [3.8, 4) is 5.75 Å². The minimum Gasteiger partial charge on any atom is -0.406 e. The Hall–Kier alpha value is -2.94. The van der Waals surface area contributed by atoms with E-state index in [1.807, 2.05) is 0 Å². The molecule has 2 aromatic rings. The van der Waals surface area contributed by atoms with Crippen molar-refractivity contribution in [2.45, 2.75) is 25.6 Å². The molecule has 1 aliphatic heterocycles. The predicted octanol–water partition coefficient (Wildman–Crippen LogP) is 4.92. The third-order valence-electron chi connectivity index (χ3n) is 4.67. The second kappa shape index (κ2) is 9.91. The van der Waals surface area contributed by atoms with Crippen LogP contribution in [0, 0.1) is 0 Å². The van der Waals surface area contributed by atoms with Crippen molar-refractivity contribution in [3.05, 3.63) is 53.1 Å². The molecular formula is C21H21ClF3N3O3. The van der Waals surface area contributed by atoms with E-state index in [1.165, 1.54) is 12.1 Å². The van der Waals surface area contributed by atoms with E-state index in [0.717, 1.165) is 31.4 Å². The van der Waals surface area contributed by atoms with Gasteiger partial charge in [0.2, 0.25) is 5.91 Å². The molecule has 0 aliphatic carbocycles. The van der Waals surface area contributed by atoms with Gasteiger partial charge in [-0.15, -0.1) is 13.2 Å². The number of likely N-dealkylation sites (tertiary alicyclic amines) is 1. The third-order valence-corrected chi connectivity index (χ3v) is 4.90. The number of benzene rings is 2. The summed E-state index contributed by atoms with van der Waals surface area (Å²) in [5.41, 5.74) is 1.16. The second-order valence-corrected chi connectivity index (χ2v) is 7.45. The highest BCUT2D eigenvalue weighted by Gasteiger charge is 2.31. The molecule has 6 nitrogen and oxygen atoms in total. The number of alkyl halides is 3. The molecular weight excluding hydrogens is 435 g/mol. The van der Waals surface area contributed by atoms with Gasteiger partial charge in [-0.1, -0.05) is 11.6 Å².